The summed E-state index contributed by atoms with van der Waals surface area (Å²) in [5.74, 6) is 0.663. The van der Waals surface area contributed by atoms with E-state index >= 15 is 0 Å². The van der Waals surface area contributed by atoms with Crippen LogP contribution in [0.1, 0.15) is 32.3 Å². The second kappa shape index (κ2) is 9.27. The van der Waals surface area contributed by atoms with Crippen LogP contribution in [0.4, 0.5) is 0 Å². The van der Waals surface area contributed by atoms with E-state index in [0.717, 1.165) is 43.1 Å². The maximum atomic E-state index is 12.2. The van der Waals surface area contributed by atoms with Crippen LogP contribution in [0.25, 0.3) is 0 Å². The summed E-state index contributed by atoms with van der Waals surface area (Å²) in [5.41, 5.74) is 1.70. The first-order chi connectivity index (χ1) is 11.7. The van der Waals surface area contributed by atoms with Crippen molar-refractivity contribution in [2.45, 2.75) is 32.8 Å². The summed E-state index contributed by atoms with van der Waals surface area (Å²) in [4.78, 5) is 19.8. The first-order valence-corrected chi connectivity index (χ1v) is 8.55. The number of nitrogens with zero attached hydrogens (tertiary/aromatic N) is 2. The molecule has 1 amide bonds. The summed E-state index contributed by atoms with van der Waals surface area (Å²) in [5, 5.41) is 6.99. The molecule has 0 aliphatic carbocycles. The molecule has 0 bridgehead atoms. The van der Waals surface area contributed by atoms with E-state index in [-0.39, 0.29) is 5.91 Å². The van der Waals surface area contributed by atoms with E-state index in [1.165, 1.54) is 0 Å². The van der Waals surface area contributed by atoms with Crippen LogP contribution in [0, 0.1) is 0 Å². The SMILES string of the molecule is CCN(CC)CCCNC(=O)[C@H]1CC(c2cccc(OC)c2)=NO1. The molecule has 6 nitrogen and oxygen atoms in total. The topological polar surface area (TPSA) is 63.2 Å². The van der Waals surface area contributed by atoms with Gasteiger partial charge in [-0.15, -0.1) is 0 Å². The van der Waals surface area contributed by atoms with Crippen LogP contribution in [0.2, 0.25) is 0 Å². The maximum Gasteiger partial charge on any atom is 0.264 e. The van der Waals surface area contributed by atoms with E-state index in [9.17, 15) is 4.79 Å². The number of nitrogens with one attached hydrogen (secondary N) is 1. The molecule has 1 N–H and O–H groups in total. The number of carbonyl (C=O) groups excluding carboxylic acids is 1. The van der Waals surface area contributed by atoms with Gasteiger partial charge in [0.15, 0.2) is 0 Å². The molecule has 24 heavy (non-hydrogen) atoms. The summed E-state index contributed by atoms with van der Waals surface area (Å²) in [7, 11) is 1.63. The van der Waals surface area contributed by atoms with Gasteiger partial charge in [0, 0.05) is 18.5 Å². The van der Waals surface area contributed by atoms with E-state index in [2.05, 4.69) is 29.2 Å². The molecule has 0 radical (unpaired) electrons. The minimum absolute atomic E-state index is 0.101. The summed E-state index contributed by atoms with van der Waals surface area (Å²) in [6.45, 7) is 8.01. The number of rotatable bonds is 9. The fourth-order valence-electron chi connectivity index (χ4n) is 2.66. The van der Waals surface area contributed by atoms with E-state index in [1.807, 2.05) is 24.3 Å². The molecule has 0 fully saturated rings. The smallest absolute Gasteiger partial charge is 0.264 e. The molecule has 0 saturated heterocycles. The highest BCUT2D eigenvalue weighted by atomic mass is 16.6. The van der Waals surface area contributed by atoms with Crippen molar-refractivity contribution in [2.24, 2.45) is 5.16 Å². The molecular weight excluding hydrogens is 306 g/mol. The number of amides is 1. The summed E-state index contributed by atoms with van der Waals surface area (Å²) in [6.07, 6.45) is 0.873. The van der Waals surface area contributed by atoms with Crippen molar-refractivity contribution in [3.8, 4) is 5.75 Å². The van der Waals surface area contributed by atoms with Gasteiger partial charge in [-0.1, -0.05) is 31.1 Å². The summed E-state index contributed by atoms with van der Waals surface area (Å²) in [6, 6.07) is 7.61. The molecule has 132 valence electrons. The van der Waals surface area contributed by atoms with Crippen LogP contribution < -0.4 is 10.1 Å². The van der Waals surface area contributed by atoms with Gasteiger partial charge in [-0.3, -0.25) is 4.79 Å². The van der Waals surface area contributed by atoms with Gasteiger partial charge in [0.1, 0.15) is 5.75 Å². The van der Waals surface area contributed by atoms with Gasteiger partial charge >= 0.3 is 0 Å². The molecule has 0 saturated carbocycles. The monoisotopic (exact) mass is 333 g/mol. The Kier molecular flexibility index (Phi) is 7.06. The van der Waals surface area contributed by atoms with Gasteiger partial charge in [0.05, 0.1) is 12.8 Å². The Labute approximate surface area is 143 Å². The van der Waals surface area contributed by atoms with Crippen molar-refractivity contribution in [1.29, 1.82) is 0 Å². The Bertz CT molecular complexity index is 570. The lowest BCUT2D eigenvalue weighted by Gasteiger charge is -2.18. The molecule has 1 heterocycles. The van der Waals surface area contributed by atoms with E-state index in [1.54, 1.807) is 7.11 Å². The standard InChI is InChI=1S/C18H27N3O3/c1-4-21(5-2)11-7-10-19-18(22)17-13-16(20-24-17)14-8-6-9-15(12-14)23-3/h6,8-9,12,17H,4-5,7,10-11,13H2,1-3H3,(H,19,22)/t17-/m1/s1. The second-order valence-corrected chi connectivity index (χ2v) is 5.74. The predicted molar refractivity (Wildman–Crippen MR) is 94.4 cm³/mol. The minimum Gasteiger partial charge on any atom is -0.497 e. The number of carbonyl (C=O) groups is 1. The highest BCUT2D eigenvalue weighted by Gasteiger charge is 2.28. The van der Waals surface area contributed by atoms with Crippen LogP contribution >= 0.6 is 0 Å². The zero-order chi connectivity index (χ0) is 17.4. The summed E-state index contributed by atoms with van der Waals surface area (Å²) < 4.78 is 5.21. The Morgan fingerprint density at radius 1 is 1.42 bits per heavy atom. The average Bonchev–Trinajstić information content (AvgIpc) is 3.12. The second-order valence-electron chi connectivity index (χ2n) is 5.74. The van der Waals surface area contributed by atoms with Gasteiger partial charge in [0.2, 0.25) is 6.10 Å². The lowest BCUT2D eigenvalue weighted by Crippen LogP contribution is -2.36. The van der Waals surface area contributed by atoms with Crippen molar-refractivity contribution < 1.29 is 14.4 Å². The molecule has 1 aliphatic rings. The molecule has 0 aromatic heterocycles. The van der Waals surface area contributed by atoms with Crippen molar-refractivity contribution in [3.05, 3.63) is 29.8 Å². The summed E-state index contributed by atoms with van der Waals surface area (Å²) >= 11 is 0. The van der Waals surface area contributed by atoms with Crippen molar-refractivity contribution in [1.82, 2.24) is 10.2 Å². The molecule has 2 rings (SSSR count). The Morgan fingerprint density at radius 3 is 2.92 bits per heavy atom. The minimum atomic E-state index is -0.542. The number of benzene rings is 1. The van der Waals surface area contributed by atoms with Gasteiger partial charge < -0.3 is 19.8 Å². The van der Waals surface area contributed by atoms with Crippen molar-refractivity contribution in [3.63, 3.8) is 0 Å². The van der Waals surface area contributed by atoms with Crippen molar-refractivity contribution >= 4 is 11.6 Å². The van der Waals surface area contributed by atoms with Gasteiger partial charge in [-0.25, -0.2) is 0 Å². The molecule has 0 unspecified atom stereocenters. The molecule has 1 aliphatic heterocycles. The van der Waals surface area contributed by atoms with Crippen LogP contribution in [0.3, 0.4) is 0 Å². The molecule has 1 aromatic rings. The zero-order valence-electron chi connectivity index (χ0n) is 14.7. The van der Waals surface area contributed by atoms with Crippen LogP contribution in [-0.4, -0.2) is 55.9 Å². The maximum absolute atomic E-state index is 12.2. The molecular formula is C18H27N3O3. The molecule has 0 spiro atoms. The molecule has 6 heteroatoms. The largest absolute Gasteiger partial charge is 0.497 e. The lowest BCUT2D eigenvalue weighted by molar-refractivity contribution is -0.131. The van der Waals surface area contributed by atoms with Crippen molar-refractivity contribution in [2.75, 3.05) is 33.3 Å². The number of hydrogen-bond acceptors (Lipinski definition) is 5. The third-order valence-corrected chi connectivity index (χ3v) is 4.21. The third-order valence-electron chi connectivity index (χ3n) is 4.21. The average molecular weight is 333 g/mol. The highest BCUT2D eigenvalue weighted by Crippen LogP contribution is 2.20. The molecule has 1 atom stereocenters. The van der Waals surface area contributed by atoms with E-state index < -0.39 is 6.10 Å². The number of hydrogen-bond donors (Lipinski definition) is 1. The van der Waals surface area contributed by atoms with E-state index in [0.29, 0.717) is 13.0 Å². The third kappa shape index (κ3) is 4.96. The normalized spacial score (nSPS) is 16.7. The Balaban J connectivity index is 1.76. The van der Waals surface area contributed by atoms with Crippen LogP contribution in [0.15, 0.2) is 29.4 Å². The fourth-order valence-corrected chi connectivity index (χ4v) is 2.66. The van der Waals surface area contributed by atoms with Crippen LogP contribution in [0.5, 0.6) is 5.75 Å². The quantitative estimate of drug-likeness (QED) is 0.703. The van der Waals surface area contributed by atoms with Gasteiger partial charge in [-0.2, -0.15) is 0 Å². The number of oxime groups is 1. The highest BCUT2D eigenvalue weighted by molar-refractivity contribution is 6.04. The van der Waals surface area contributed by atoms with Gasteiger partial charge in [0.25, 0.3) is 5.91 Å². The van der Waals surface area contributed by atoms with E-state index in [4.69, 9.17) is 9.57 Å². The number of methoxy groups -OCH3 is 1. The number of ether oxygens (including phenoxy) is 1. The van der Waals surface area contributed by atoms with Crippen LogP contribution in [-0.2, 0) is 9.63 Å². The first kappa shape index (κ1) is 18.3. The van der Waals surface area contributed by atoms with Gasteiger partial charge in [-0.05, 0) is 38.2 Å². The predicted octanol–water partition coefficient (Wildman–Crippen LogP) is 2.04. The fraction of sp³-hybridized carbons (Fsp3) is 0.556. The molecule has 1 aromatic carbocycles. The first-order valence-electron chi connectivity index (χ1n) is 8.55. The lowest BCUT2D eigenvalue weighted by atomic mass is 10.0. The zero-order valence-corrected chi connectivity index (χ0v) is 14.7. The Hall–Kier alpha value is -2.08. The Morgan fingerprint density at radius 2 is 2.21 bits per heavy atom.